The first-order valence-corrected chi connectivity index (χ1v) is 8.93. The van der Waals surface area contributed by atoms with Gasteiger partial charge >= 0.3 is 0 Å². The van der Waals surface area contributed by atoms with Crippen molar-refractivity contribution in [3.63, 3.8) is 0 Å². The summed E-state index contributed by atoms with van der Waals surface area (Å²) in [6, 6.07) is 0. The number of likely N-dealkylation sites (tertiary alicyclic amines) is 2. The van der Waals surface area contributed by atoms with Crippen molar-refractivity contribution in [3.05, 3.63) is 23.8 Å². The van der Waals surface area contributed by atoms with Gasteiger partial charge in [-0.1, -0.05) is 0 Å². The quantitative estimate of drug-likeness (QED) is 0.807. The van der Waals surface area contributed by atoms with E-state index in [2.05, 4.69) is 14.9 Å². The number of piperidine rings is 1. The molecule has 0 saturated carbocycles. The van der Waals surface area contributed by atoms with Crippen LogP contribution in [0.15, 0.2) is 12.4 Å². The zero-order chi connectivity index (χ0) is 18.0. The third-order valence-electron chi connectivity index (χ3n) is 5.43. The van der Waals surface area contributed by atoms with Gasteiger partial charge in [0.1, 0.15) is 5.69 Å². The normalized spacial score (nSPS) is 19.9. The lowest BCUT2D eigenvalue weighted by Gasteiger charge is -2.37. The Bertz CT molecular complexity index is 635. The number of carbonyl (C=O) groups excluding carboxylic acids is 2. The molecule has 0 N–H and O–H groups in total. The topological polar surface area (TPSA) is 69.6 Å². The number of aromatic nitrogens is 2. The predicted molar refractivity (Wildman–Crippen MR) is 94.1 cm³/mol. The Morgan fingerprint density at radius 2 is 1.84 bits per heavy atom. The summed E-state index contributed by atoms with van der Waals surface area (Å²) in [7, 11) is 4.04. The molecule has 0 bridgehead atoms. The van der Waals surface area contributed by atoms with Gasteiger partial charge in [0.25, 0.3) is 5.91 Å². The SMILES string of the molecule is Cc1cnc(C(=O)N2CCC3(CC2)CCN(CCN(C)C)C3=O)cn1. The van der Waals surface area contributed by atoms with Crippen molar-refractivity contribution in [2.45, 2.75) is 26.2 Å². The van der Waals surface area contributed by atoms with Crippen LogP contribution < -0.4 is 0 Å². The van der Waals surface area contributed by atoms with Crippen LogP contribution in [0.25, 0.3) is 0 Å². The van der Waals surface area contributed by atoms with Gasteiger partial charge in [-0.25, -0.2) is 4.98 Å². The van der Waals surface area contributed by atoms with Gasteiger partial charge in [-0.05, 0) is 40.3 Å². The van der Waals surface area contributed by atoms with Gasteiger partial charge in [0.15, 0.2) is 0 Å². The third kappa shape index (κ3) is 3.66. The van der Waals surface area contributed by atoms with Gasteiger partial charge in [0.05, 0.1) is 17.3 Å². The van der Waals surface area contributed by atoms with Crippen LogP contribution in [-0.4, -0.2) is 83.3 Å². The van der Waals surface area contributed by atoms with E-state index in [1.54, 1.807) is 11.1 Å². The number of hydrogen-bond acceptors (Lipinski definition) is 5. The van der Waals surface area contributed by atoms with Crippen molar-refractivity contribution in [1.82, 2.24) is 24.7 Å². The van der Waals surface area contributed by atoms with Crippen LogP contribution in [0.3, 0.4) is 0 Å². The van der Waals surface area contributed by atoms with E-state index in [4.69, 9.17) is 0 Å². The van der Waals surface area contributed by atoms with Gasteiger partial charge in [0, 0.05) is 38.9 Å². The molecule has 7 heteroatoms. The number of likely N-dealkylation sites (N-methyl/N-ethyl adjacent to an activating group) is 1. The van der Waals surface area contributed by atoms with E-state index in [1.165, 1.54) is 6.20 Å². The minimum atomic E-state index is -0.262. The Morgan fingerprint density at radius 1 is 1.16 bits per heavy atom. The maximum absolute atomic E-state index is 12.9. The lowest BCUT2D eigenvalue weighted by Crippen LogP contribution is -2.47. The van der Waals surface area contributed by atoms with Crippen LogP contribution in [0.5, 0.6) is 0 Å². The zero-order valence-electron chi connectivity index (χ0n) is 15.4. The average Bonchev–Trinajstić information content (AvgIpc) is 2.90. The van der Waals surface area contributed by atoms with E-state index in [0.29, 0.717) is 18.8 Å². The van der Waals surface area contributed by atoms with Crippen LogP contribution in [0.2, 0.25) is 0 Å². The highest BCUT2D eigenvalue weighted by Gasteiger charge is 2.48. The van der Waals surface area contributed by atoms with Crippen LogP contribution in [-0.2, 0) is 4.79 Å². The second-order valence-electron chi connectivity index (χ2n) is 7.46. The molecule has 1 aromatic heterocycles. The molecule has 0 unspecified atom stereocenters. The first-order chi connectivity index (χ1) is 11.9. The summed E-state index contributed by atoms with van der Waals surface area (Å²) in [4.78, 5) is 39.6. The Balaban J connectivity index is 1.59. The first-order valence-electron chi connectivity index (χ1n) is 8.93. The Hall–Kier alpha value is -2.02. The maximum Gasteiger partial charge on any atom is 0.274 e. The van der Waals surface area contributed by atoms with E-state index < -0.39 is 0 Å². The fraction of sp³-hybridized carbons (Fsp3) is 0.667. The van der Waals surface area contributed by atoms with Gasteiger partial charge in [-0.3, -0.25) is 14.6 Å². The number of carbonyl (C=O) groups is 2. The Labute approximate surface area is 149 Å². The summed E-state index contributed by atoms with van der Waals surface area (Å²) in [6.45, 7) is 5.58. The molecule has 2 aliphatic heterocycles. The van der Waals surface area contributed by atoms with Crippen LogP contribution in [0.4, 0.5) is 0 Å². The number of aryl methyl sites for hydroxylation is 1. The highest BCUT2D eigenvalue weighted by Crippen LogP contribution is 2.41. The molecule has 0 aromatic carbocycles. The fourth-order valence-corrected chi connectivity index (χ4v) is 3.69. The predicted octanol–water partition coefficient (Wildman–Crippen LogP) is 0.801. The lowest BCUT2D eigenvalue weighted by atomic mass is 9.77. The molecular weight excluding hydrogens is 318 g/mol. The summed E-state index contributed by atoms with van der Waals surface area (Å²) < 4.78 is 0. The molecule has 2 aliphatic rings. The molecule has 1 aromatic rings. The molecule has 0 radical (unpaired) electrons. The van der Waals surface area contributed by atoms with Gasteiger partial charge in [0.2, 0.25) is 5.91 Å². The maximum atomic E-state index is 12.9. The van der Waals surface area contributed by atoms with Crippen molar-refractivity contribution in [3.8, 4) is 0 Å². The molecule has 3 heterocycles. The summed E-state index contributed by atoms with van der Waals surface area (Å²) in [6.07, 6.45) is 5.55. The Morgan fingerprint density at radius 3 is 2.44 bits per heavy atom. The van der Waals surface area contributed by atoms with Crippen LogP contribution >= 0.6 is 0 Å². The molecule has 2 fully saturated rings. The molecule has 2 saturated heterocycles. The van der Waals surface area contributed by atoms with E-state index in [0.717, 1.165) is 44.6 Å². The number of amides is 2. The van der Waals surface area contributed by atoms with E-state index >= 15 is 0 Å². The van der Waals surface area contributed by atoms with Gasteiger partial charge in [-0.15, -0.1) is 0 Å². The molecule has 0 aliphatic carbocycles. The van der Waals surface area contributed by atoms with Crippen molar-refractivity contribution in [2.75, 3.05) is 46.8 Å². The first kappa shape index (κ1) is 17.8. The number of hydrogen-bond donors (Lipinski definition) is 0. The largest absolute Gasteiger partial charge is 0.341 e. The molecular formula is C18H27N5O2. The second kappa shape index (κ2) is 7.07. The van der Waals surface area contributed by atoms with Crippen molar-refractivity contribution < 1.29 is 9.59 Å². The van der Waals surface area contributed by atoms with Crippen molar-refractivity contribution >= 4 is 11.8 Å². The van der Waals surface area contributed by atoms with Gasteiger partial charge in [-0.2, -0.15) is 0 Å². The van der Waals surface area contributed by atoms with E-state index in [9.17, 15) is 9.59 Å². The highest BCUT2D eigenvalue weighted by atomic mass is 16.2. The molecule has 7 nitrogen and oxygen atoms in total. The monoisotopic (exact) mass is 345 g/mol. The van der Waals surface area contributed by atoms with Crippen molar-refractivity contribution in [1.29, 1.82) is 0 Å². The minimum Gasteiger partial charge on any atom is -0.341 e. The number of rotatable bonds is 4. The standard InChI is InChI=1S/C18H27N5O2/c1-14-12-20-15(13-19-14)16(24)22-7-4-18(5-8-22)6-9-23(17(18)25)11-10-21(2)3/h12-13H,4-11H2,1-3H3. The lowest BCUT2D eigenvalue weighted by molar-refractivity contribution is -0.138. The summed E-state index contributed by atoms with van der Waals surface area (Å²) in [5.74, 6) is 0.189. The summed E-state index contributed by atoms with van der Waals surface area (Å²) in [5, 5.41) is 0. The molecule has 0 atom stereocenters. The van der Waals surface area contributed by atoms with E-state index in [-0.39, 0.29) is 17.2 Å². The average molecular weight is 345 g/mol. The van der Waals surface area contributed by atoms with Gasteiger partial charge < -0.3 is 14.7 Å². The molecule has 25 heavy (non-hydrogen) atoms. The molecule has 1 spiro atoms. The van der Waals surface area contributed by atoms with Crippen LogP contribution in [0, 0.1) is 12.3 Å². The second-order valence-corrected chi connectivity index (χ2v) is 7.46. The number of nitrogens with zero attached hydrogens (tertiary/aromatic N) is 5. The smallest absolute Gasteiger partial charge is 0.274 e. The van der Waals surface area contributed by atoms with Crippen molar-refractivity contribution in [2.24, 2.45) is 5.41 Å². The fourth-order valence-electron chi connectivity index (χ4n) is 3.69. The third-order valence-corrected chi connectivity index (χ3v) is 5.43. The molecule has 2 amide bonds. The van der Waals surface area contributed by atoms with Crippen LogP contribution in [0.1, 0.15) is 35.4 Å². The molecule has 3 rings (SSSR count). The minimum absolute atomic E-state index is 0.0859. The molecule has 136 valence electrons. The summed E-state index contributed by atoms with van der Waals surface area (Å²) in [5.41, 5.74) is 0.914. The van der Waals surface area contributed by atoms with E-state index in [1.807, 2.05) is 25.9 Å². The summed E-state index contributed by atoms with van der Waals surface area (Å²) >= 11 is 0. The Kier molecular flexibility index (Phi) is 5.03. The zero-order valence-corrected chi connectivity index (χ0v) is 15.4. The highest BCUT2D eigenvalue weighted by molar-refractivity contribution is 5.92.